The number of rotatable bonds is 3. The van der Waals surface area contributed by atoms with Crippen molar-refractivity contribution in [2.75, 3.05) is 0 Å². The minimum absolute atomic E-state index is 0.149. The summed E-state index contributed by atoms with van der Waals surface area (Å²) < 4.78 is 2.01. The van der Waals surface area contributed by atoms with Crippen LogP contribution in [0.5, 0.6) is 0 Å². The first-order chi connectivity index (χ1) is 4.48. The van der Waals surface area contributed by atoms with Gasteiger partial charge in [-0.05, 0) is 0 Å². The van der Waals surface area contributed by atoms with E-state index in [4.69, 9.17) is 19.4 Å². The summed E-state index contributed by atoms with van der Waals surface area (Å²) in [7, 11) is 11.3. The summed E-state index contributed by atoms with van der Waals surface area (Å²) >= 11 is -1.55. The monoisotopic (exact) mass is 268 g/mol. The van der Waals surface area contributed by atoms with Crippen LogP contribution in [0.4, 0.5) is 0 Å². The van der Waals surface area contributed by atoms with Crippen LogP contribution in [0.2, 0.25) is 0 Å². The molecule has 0 rings (SSSR count). The molecule has 0 saturated carbocycles. The van der Waals surface area contributed by atoms with E-state index in [0.29, 0.717) is 0 Å². The Balaban J connectivity index is 3.90. The SMILES string of the molecule is C=CC(C)(C)C[CH]=[Ru]([Cl])[Cl]. The molecule has 0 N–H and O–H groups in total. The zero-order chi connectivity index (χ0) is 8.20. The maximum atomic E-state index is 5.66. The van der Waals surface area contributed by atoms with Crippen molar-refractivity contribution in [1.82, 2.24) is 0 Å². The van der Waals surface area contributed by atoms with Gasteiger partial charge in [0.15, 0.2) is 0 Å². The van der Waals surface area contributed by atoms with Crippen molar-refractivity contribution >= 4 is 24.0 Å². The average Bonchev–Trinajstić information content (AvgIpc) is 1.85. The van der Waals surface area contributed by atoms with Gasteiger partial charge >= 0.3 is 75.8 Å². The Kier molecular flexibility index (Phi) is 5.02. The van der Waals surface area contributed by atoms with E-state index in [1.165, 1.54) is 0 Å². The summed E-state index contributed by atoms with van der Waals surface area (Å²) in [6.07, 6.45) is 2.86. The second-order valence-electron chi connectivity index (χ2n) is 2.75. The Morgan fingerprint density at radius 3 is 2.30 bits per heavy atom. The summed E-state index contributed by atoms with van der Waals surface area (Å²) in [5, 5.41) is 0. The van der Waals surface area contributed by atoms with E-state index in [9.17, 15) is 0 Å². The van der Waals surface area contributed by atoms with Gasteiger partial charge in [-0.25, -0.2) is 0 Å². The summed E-state index contributed by atoms with van der Waals surface area (Å²) in [6, 6.07) is 0. The normalized spacial score (nSPS) is 12.6. The summed E-state index contributed by atoms with van der Waals surface area (Å²) in [5.41, 5.74) is 0.149. The van der Waals surface area contributed by atoms with Crippen LogP contribution >= 0.6 is 19.4 Å². The van der Waals surface area contributed by atoms with Crippen LogP contribution in [0, 0.1) is 5.41 Å². The predicted octanol–water partition coefficient (Wildman–Crippen LogP) is 3.32. The van der Waals surface area contributed by atoms with Gasteiger partial charge in [-0.3, -0.25) is 0 Å². The van der Waals surface area contributed by atoms with E-state index < -0.39 is 13.5 Å². The van der Waals surface area contributed by atoms with Crippen LogP contribution < -0.4 is 0 Å². The molecule has 0 aromatic carbocycles. The van der Waals surface area contributed by atoms with Crippen LogP contribution in [0.25, 0.3) is 0 Å². The maximum absolute atomic E-state index is 5.66. The van der Waals surface area contributed by atoms with Crippen molar-refractivity contribution in [2.24, 2.45) is 5.41 Å². The summed E-state index contributed by atoms with van der Waals surface area (Å²) in [6.45, 7) is 7.95. The topological polar surface area (TPSA) is 0 Å². The van der Waals surface area contributed by atoms with Gasteiger partial charge in [-0.1, -0.05) is 0 Å². The molecular weight excluding hydrogens is 256 g/mol. The van der Waals surface area contributed by atoms with Crippen molar-refractivity contribution in [2.45, 2.75) is 20.3 Å². The molecule has 0 saturated heterocycles. The Morgan fingerprint density at radius 2 is 2.00 bits per heavy atom. The van der Waals surface area contributed by atoms with E-state index in [2.05, 4.69) is 20.4 Å². The summed E-state index contributed by atoms with van der Waals surface area (Å²) in [4.78, 5) is 0. The molecule has 0 aromatic rings. The second kappa shape index (κ2) is 4.64. The zero-order valence-corrected chi connectivity index (χ0v) is 9.43. The molecule has 3 heteroatoms. The predicted molar refractivity (Wildman–Crippen MR) is 46.4 cm³/mol. The Morgan fingerprint density at radius 1 is 1.50 bits per heavy atom. The van der Waals surface area contributed by atoms with Crippen molar-refractivity contribution in [3.63, 3.8) is 0 Å². The third-order valence-electron chi connectivity index (χ3n) is 1.26. The molecule has 62 valence electrons. The van der Waals surface area contributed by atoms with Crippen LogP contribution in [-0.4, -0.2) is 4.61 Å². The number of halogens is 2. The molecule has 0 fully saturated rings. The van der Waals surface area contributed by atoms with Gasteiger partial charge in [0.1, 0.15) is 0 Å². The fourth-order valence-corrected chi connectivity index (χ4v) is 2.15. The molecule has 0 aliphatic carbocycles. The third kappa shape index (κ3) is 5.59. The average molecular weight is 268 g/mol. The van der Waals surface area contributed by atoms with Crippen LogP contribution in [-0.2, 0) is 13.5 Å². The Bertz CT molecular complexity index is 146. The fourth-order valence-electron chi connectivity index (χ4n) is 0.324. The van der Waals surface area contributed by atoms with Gasteiger partial charge in [-0.15, -0.1) is 0 Å². The first kappa shape index (κ1) is 10.8. The Hall–Kier alpha value is 0.813. The van der Waals surface area contributed by atoms with Gasteiger partial charge in [0.2, 0.25) is 0 Å². The van der Waals surface area contributed by atoms with Crippen LogP contribution in [0.3, 0.4) is 0 Å². The molecule has 0 bridgehead atoms. The van der Waals surface area contributed by atoms with E-state index in [0.717, 1.165) is 6.42 Å². The van der Waals surface area contributed by atoms with Crippen LogP contribution in [0.1, 0.15) is 20.3 Å². The number of hydrogen-bond acceptors (Lipinski definition) is 0. The third-order valence-corrected chi connectivity index (χ3v) is 3.44. The number of hydrogen-bond donors (Lipinski definition) is 0. The Labute approximate surface area is 75.7 Å². The molecule has 0 heterocycles. The molecule has 0 unspecified atom stereocenters. The molecule has 0 radical (unpaired) electrons. The molecule has 0 atom stereocenters. The van der Waals surface area contributed by atoms with Gasteiger partial charge in [0.25, 0.3) is 0 Å². The van der Waals surface area contributed by atoms with Crippen molar-refractivity contribution in [1.29, 1.82) is 0 Å². The molecule has 0 aliphatic rings. The van der Waals surface area contributed by atoms with E-state index in [1.54, 1.807) is 0 Å². The molecule has 0 nitrogen and oxygen atoms in total. The van der Waals surface area contributed by atoms with Crippen molar-refractivity contribution < 1.29 is 13.5 Å². The molecule has 10 heavy (non-hydrogen) atoms. The first-order valence-corrected chi connectivity index (χ1v) is 8.41. The van der Waals surface area contributed by atoms with Gasteiger partial charge in [-0.2, -0.15) is 0 Å². The minimum atomic E-state index is -1.55. The molecule has 0 amide bonds. The van der Waals surface area contributed by atoms with Crippen LogP contribution in [0.15, 0.2) is 12.7 Å². The standard InChI is InChI=1S/C7H12.2ClH.Ru/c1-5-7(3,4)6-2;;;/h1,6H,2,5H2,3-4H3;2*1H;/q;;;+2/p-2. The quantitative estimate of drug-likeness (QED) is 0.544. The number of allylic oxidation sites excluding steroid dienone is 1. The van der Waals surface area contributed by atoms with Gasteiger partial charge in [0, 0.05) is 0 Å². The van der Waals surface area contributed by atoms with E-state index in [-0.39, 0.29) is 5.41 Å². The molecule has 0 aliphatic heterocycles. The second-order valence-corrected chi connectivity index (χ2v) is 8.68. The molecular formula is C7H12Cl2Ru. The van der Waals surface area contributed by atoms with E-state index >= 15 is 0 Å². The molecule has 0 spiro atoms. The zero-order valence-electron chi connectivity index (χ0n) is 6.18. The van der Waals surface area contributed by atoms with Crippen molar-refractivity contribution in [3.8, 4) is 0 Å². The van der Waals surface area contributed by atoms with Crippen molar-refractivity contribution in [3.05, 3.63) is 12.7 Å². The van der Waals surface area contributed by atoms with Gasteiger partial charge < -0.3 is 0 Å². The fraction of sp³-hybridized carbons (Fsp3) is 0.571. The molecule has 0 aromatic heterocycles. The first-order valence-electron chi connectivity index (χ1n) is 2.93. The summed E-state index contributed by atoms with van der Waals surface area (Å²) in [5.74, 6) is 0. The van der Waals surface area contributed by atoms with E-state index in [1.807, 2.05) is 10.7 Å². The van der Waals surface area contributed by atoms with Gasteiger partial charge in [0.05, 0.1) is 0 Å².